The molecule has 0 saturated carbocycles. The van der Waals surface area contributed by atoms with Crippen molar-refractivity contribution in [2.75, 3.05) is 7.05 Å². The van der Waals surface area contributed by atoms with Crippen LogP contribution >= 0.6 is 0 Å². The third-order valence-corrected chi connectivity index (χ3v) is 4.60. The topological polar surface area (TPSA) is 89.3 Å². The van der Waals surface area contributed by atoms with Gasteiger partial charge in [-0.25, -0.2) is 14.9 Å². The summed E-state index contributed by atoms with van der Waals surface area (Å²) in [5.41, 5.74) is 0.136. The van der Waals surface area contributed by atoms with E-state index < -0.39 is 16.6 Å². The lowest BCUT2D eigenvalue weighted by atomic mass is 10.1. The first-order valence-electron chi connectivity index (χ1n) is 7.03. The van der Waals surface area contributed by atoms with Crippen LogP contribution in [0.3, 0.4) is 0 Å². The number of non-ortho nitro benzene ring substituents is 1. The minimum absolute atomic E-state index is 0.0131. The van der Waals surface area contributed by atoms with E-state index in [9.17, 15) is 19.7 Å². The van der Waals surface area contributed by atoms with Gasteiger partial charge in [-0.05, 0) is 5.56 Å². The lowest BCUT2D eigenvalue weighted by Crippen LogP contribution is -2.63. The van der Waals surface area contributed by atoms with Crippen LogP contribution < -0.4 is 5.32 Å². The highest BCUT2D eigenvalue weighted by molar-refractivity contribution is 5.89. The third kappa shape index (κ3) is 2.42. The minimum Gasteiger partial charge on any atom is -0.258 e. The molecule has 2 amide bonds. The van der Waals surface area contributed by atoms with Crippen LogP contribution in [0.5, 0.6) is 0 Å². The van der Waals surface area contributed by atoms with Crippen molar-refractivity contribution in [3.05, 3.63) is 39.9 Å². The monoisotopic (exact) mass is 306 g/mol. The zero-order chi connectivity index (χ0) is 16.7. The van der Waals surface area contributed by atoms with E-state index in [2.05, 4.69) is 5.32 Å². The molecular weight excluding hydrogens is 286 g/mol. The molecule has 0 aromatic heterocycles. The molecule has 1 aromatic rings. The van der Waals surface area contributed by atoms with E-state index in [0.29, 0.717) is 6.42 Å². The Bertz CT molecular complexity index is 639. The van der Waals surface area contributed by atoms with Crippen molar-refractivity contribution in [3.8, 4) is 0 Å². The molecule has 7 nitrogen and oxygen atoms in total. The molecule has 0 radical (unpaired) electrons. The van der Waals surface area contributed by atoms with Crippen molar-refractivity contribution >= 4 is 17.5 Å². The Morgan fingerprint density at radius 3 is 2.32 bits per heavy atom. The Morgan fingerprint density at radius 2 is 1.91 bits per heavy atom. The van der Waals surface area contributed by atoms with Gasteiger partial charge in [-0.3, -0.25) is 10.1 Å². The van der Waals surface area contributed by atoms with Crippen molar-refractivity contribution in [1.82, 2.24) is 5.32 Å². The number of hydrogen-bond donors (Lipinski definition) is 1. The van der Waals surface area contributed by atoms with E-state index in [1.54, 1.807) is 19.2 Å². The van der Waals surface area contributed by atoms with E-state index in [4.69, 9.17) is 0 Å². The fraction of sp³-hybridized carbons (Fsp3) is 0.467. The second kappa shape index (κ2) is 5.26. The highest BCUT2D eigenvalue weighted by Gasteiger charge is 2.60. The second-order valence-electron chi connectivity index (χ2n) is 6.25. The molecule has 0 aliphatic carbocycles. The zero-order valence-electron chi connectivity index (χ0n) is 13.1. The number of rotatable bonds is 3. The van der Waals surface area contributed by atoms with Gasteiger partial charge in [0.15, 0.2) is 5.66 Å². The molecule has 2 rings (SSSR count). The number of nitro benzene ring substituents is 1. The smallest absolute Gasteiger partial charge is 0.258 e. The number of imide groups is 1. The average molecular weight is 306 g/mol. The largest absolute Gasteiger partial charge is 0.339 e. The molecular formula is C15H20N3O4+. The van der Waals surface area contributed by atoms with Crippen LogP contribution in [0, 0.1) is 10.1 Å². The molecule has 1 aromatic carbocycles. The van der Waals surface area contributed by atoms with Crippen molar-refractivity contribution in [3.63, 3.8) is 0 Å². The summed E-state index contributed by atoms with van der Waals surface area (Å²) in [5.74, 6) is -0.399. The first kappa shape index (κ1) is 16.3. The number of quaternary nitrogens is 1. The first-order valence-corrected chi connectivity index (χ1v) is 7.03. The van der Waals surface area contributed by atoms with Gasteiger partial charge in [0, 0.05) is 32.4 Å². The maximum Gasteiger partial charge on any atom is 0.339 e. The number of likely N-dealkylation sites (N-methyl/N-ethyl adjacent to an activating group) is 1. The number of nitrogens with one attached hydrogen (secondary N) is 1. The Morgan fingerprint density at radius 1 is 1.36 bits per heavy atom. The predicted molar refractivity (Wildman–Crippen MR) is 79.7 cm³/mol. The standard InChI is InChI=1S/C15H20N3O4/c1-10(19)18(4)14(20)13(16-15(18,2)3)9-11-5-7-12(8-6-11)17(21)22/h5-8,13,16H,9H2,1-4H3/q+1/t13?,18-/m0/s1. The lowest BCUT2D eigenvalue weighted by Gasteiger charge is -2.34. The average Bonchev–Trinajstić information content (AvgIpc) is 2.60. The van der Waals surface area contributed by atoms with Gasteiger partial charge in [0.1, 0.15) is 6.04 Å². The van der Waals surface area contributed by atoms with Crippen LogP contribution in [0.1, 0.15) is 26.3 Å². The number of benzene rings is 1. The molecule has 7 heteroatoms. The molecule has 22 heavy (non-hydrogen) atoms. The van der Waals surface area contributed by atoms with Crippen LogP contribution in [-0.2, 0) is 16.0 Å². The SMILES string of the molecule is CC(=O)[N@@+]1(C)C(=O)C(Cc2ccc([N+](=O)[O-])cc2)NC1(C)C. The minimum atomic E-state index is -0.686. The summed E-state index contributed by atoms with van der Waals surface area (Å²) >= 11 is 0. The van der Waals surface area contributed by atoms with Gasteiger partial charge < -0.3 is 0 Å². The van der Waals surface area contributed by atoms with Gasteiger partial charge in [-0.1, -0.05) is 12.1 Å². The van der Waals surface area contributed by atoms with Crippen LogP contribution in [-0.4, -0.2) is 40.0 Å². The highest BCUT2D eigenvalue weighted by atomic mass is 16.6. The fourth-order valence-corrected chi connectivity index (χ4v) is 2.88. The third-order valence-electron chi connectivity index (χ3n) is 4.60. The number of nitro groups is 1. The van der Waals surface area contributed by atoms with Gasteiger partial charge in [0.2, 0.25) is 0 Å². The van der Waals surface area contributed by atoms with Gasteiger partial charge in [0.05, 0.1) is 18.9 Å². The Kier molecular flexibility index (Phi) is 3.88. The Hall–Kier alpha value is -2.12. The number of hydrogen-bond acceptors (Lipinski definition) is 5. The van der Waals surface area contributed by atoms with Crippen LogP contribution in [0.25, 0.3) is 0 Å². The molecule has 1 saturated heterocycles. The predicted octanol–water partition coefficient (Wildman–Crippen LogP) is 1.36. The van der Waals surface area contributed by atoms with Crippen LogP contribution in [0.15, 0.2) is 24.3 Å². The zero-order valence-corrected chi connectivity index (χ0v) is 13.1. The number of carbonyl (C=O) groups is 2. The van der Waals surface area contributed by atoms with E-state index in [1.165, 1.54) is 19.1 Å². The number of nitrogens with zero attached hydrogens (tertiary/aromatic N) is 2. The van der Waals surface area contributed by atoms with Crippen molar-refractivity contribution in [1.29, 1.82) is 0 Å². The summed E-state index contributed by atoms with van der Waals surface area (Å²) < 4.78 is -0.301. The van der Waals surface area contributed by atoms with Crippen LogP contribution in [0.4, 0.5) is 5.69 Å². The molecule has 118 valence electrons. The summed E-state index contributed by atoms with van der Waals surface area (Å²) in [5, 5.41) is 13.9. The Labute approximate surface area is 128 Å². The quantitative estimate of drug-likeness (QED) is 0.517. The Balaban J connectivity index is 2.23. The highest BCUT2D eigenvalue weighted by Crippen LogP contribution is 2.30. The second-order valence-corrected chi connectivity index (χ2v) is 6.25. The summed E-state index contributed by atoms with van der Waals surface area (Å²) in [6.45, 7) is 5.06. The maximum atomic E-state index is 12.6. The lowest BCUT2D eigenvalue weighted by molar-refractivity contribution is -0.804. The summed E-state index contributed by atoms with van der Waals surface area (Å²) in [7, 11) is 1.62. The van der Waals surface area contributed by atoms with Gasteiger partial charge >= 0.3 is 11.8 Å². The van der Waals surface area contributed by atoms with Gasteiger partial charge in [-0.15, -0.1) is 0 Å². The van der Waals surface area contributed by atoms with E-state index in [0.717, 1.165) is 5.56 Å². The van der Waals surface area contributed by atoms with Gasteiger partial charge in [0.25, 0.3) is 5.69 Å². The number of amides is 2. The summed E-state index contributed by atoms with van der Waals surface area (Å²) in [6, 6.07) is 5.61. The number of carbonyl (C=O) groups excluding carboxylic acids is 2. The first-order chi connectivity index (χ1) is 10.1. The summed E-state index contributed by atoms with van der Waals surface area (Å²) in [6.07, 6.45) is 0.390. The van der Waals surface area contributed by atoms with E-state index in [-0.39, 0.29) is 22.0 Å². The maximum absolute atomic E-state index is 12.6. The molecule has 1 heterocycles. The van der Waals surface area contributed by atoms with E-state index in [1.807, 2.05) is 13.8 Å². The van der Waals surface area contributed by atoms with Crippen molar-refractivity contribution in [2.45, 2.75) is 38.9 Å². The molecule has 0 bridgehead atoms. The molecule has 2 atom stereocenters. The van der Waals surface area contributed by atoms with Gasteiger partial charge in [-0.2, -0.15) is 4.48 Å². The molecule has 1 unspecified atom stereocenters. The van der Waals surface area contributed by atoms with Crippen LogP contribution in [0.2, 0.25) is 0 Å². The molecule has 0 spiro atoms. The molecule has 1 fully saturated rings. The van der Waals surface area contributed by atoms with Crippen molar-refractivity contribution in [2.24, 2.45) is 0 Å². The fourth-order valence-electron chi connectivity index (χ4n) is 2.88. The van der Waals surface area contributed by atoms with E-state index >= 15 is 0 Å². The molecule has 1 aliphatic rings. The molecule has 1 aliphatic heterocycles. The summed E-state index contributed by atoms with van der Waals surface area (Å²) in [4.78, 5) is 34.8. The van der Waals surface area contributed by atoms with Crippen molar-refractivity contribution < 1.29 is 19.0 Å². The normalized spacial score (nSPS) is 26.9. The molecule has 1 N–H and O–H groups in total.